The molecule has 21 heavy (non-hydrogen) atoms. The van der Waals surface area contributed by atoms with Crippen LogP contribution in [0.15, 0.2) is 25.6 Å². The molecule has 0 spiro atoms. The normalized spacial score (nSPS) is 11.1. The number of nitrogens with two attached hydrogens (primary N) is 1. The molecule has 0 saturated carbocycles. The Morgan fingerprint density at radius 1 is 1.05 bits per heavy atom. The van der Waals surface area contributed by atoms with Gasteiger partial charge in [0.05, 0.1) is 34.3 Å². The van der Waals surface area contributed by atoms with Crippen molar-refractivity contribution in [1.82, 2.24) is 0 Å². The minimum Gasteiger partial charge on any atom is -0.442 e. The van der Waals surface area contributed by atoms with Gasteiger partial charge in [-0.2, -0.15) is 0 Å². The summed E-state index contributed by atoms with van der Waals surface area (Å²) in [5.41, 5.74) is 3.94. The lowest BCUT2D eigenvalue weighted by molar-refractivity contribution is 0.0698. The fourth-order valence-corrected chi connectivity index (χ4v) is 4.25. The summed E-state index contributed by atoms with van der Waals surface area (Å²) in [6.07, 6.45) is 0. The van der Waals surface area contributed by atoms with Gasteiger partial charge in [-0.1, -0.05) is 15.9 Å². The van der Waals surface area contributed by atoms with Gasteiger partial charge in [-0.3, -0.25) is 0 Å². The highest BCUT2D eigenvalue weighted by molar-refractivity contribution is 9.11. The Morgan fingerprint density at radius 2 is 1.43 bits per heavy atom. The predicted octanol–water partition coefficient (Wildman–Crippen LogP) is 3.72. The van der Waals surface area contributed by atoms with Crippen LogP contribution >= 0.6 is 77.1 Å². The molecule has 0 aliphatic heterocycles. The van der Waals surface area contributed by atoms with Gasteiger partial charge in [0.25, 0.3) is 6.85 Å². The van der Waals surface area contributed by atoms with Crippen molar-refractivity contribution in [3.8, 4) is 5.75 Å². The Kier molecular flexibility index (Phi) is 11.7. The lowest BCUT2D eigenvalue weighted by Crippen LogP contribution is -2.50. The van der Waals surface area contributed by atoms with Crippen molar-refractivity contribution >= 4 is 77.1 Å². The molecule has 0 heterocycles. The standard InChI is InChI=1S/C6H2Br3Cl2OP.C4H11NO3/c7-3-1-4(8)6(5(9)2-3)12-13(10)11;5-4(1-6,2-7)3-8/h1-2H;6-8H,1-3,5H2. The van der Waals surface area contributed by atoms with Crippen LogP contribution in [0, 0.1) is 0 Å². The van der Waals surface area contributed by atoms with Crippen molar-refractivity contribution in [2.45, 2.75) is 5.54 Å². The summed E-state index contributed by atoms with van der Waals surface area (Å²) in [5, 5.41) is 25.0. The maximum Gasteiger partial charge on any atom is 0.284 e. The van der Waals surface area contributed by atoms with Gasteiger partial charge in [0.15, 0.2) is 5.75 Å². The Balaban J connectivity index is 0.000000433. The minimum atomic E-state index is -1.45. The van der Waals surface area contributed by atoms with Crippen LogP contribution in [-0.4, -0.2) is 40.7 Å². The molecule has 0 aliphatic rings. The summed E-state index contributed by atoms with van der Waals surface area (Å²) in [7, 11) is 0. The molecule has 1 aromatic carbocycles. The van der Waals surface area contributed by atoms with E-state index in [1.54, 1.807) is 0 Å². The van der Waals surface area contributed by atoms with Crippen molar-refractivity contribution in [1.29, 1.82) is 0 Å². The summed E-state index contributed by atoms with van der Waals surface area (Å²) in [6.45, 7) is -2.66. The number of halogens is 5. The van der Waals surface area contributed by atoms with Crippen LogP contribution in [0.5, 0.6) is 5.75 Å². The number of benzene rings is 1. The molecule has 0 aromatic heterocycles. The summed E-state index contributed by atoms with van der Waals surface area (Å²) < 4.78 is 7.74. The van der Waals surface area contributed by atoms with Gasteiger partial charge < -0.3 is 25.6 Å². The first kappa shape index (κ1) is 22.3. The summed E-state index contributed by atoms with van der Waals surface area (Å²) in [5.74, 6) is 0.610. The molecule has 0 fully saturated rings. The van der Waals surface area contributed by atoms with E-state index in [1.807, 2.05) is 12.1 Å². The zero-order valence-corrected chi connectivity index (χ0v) is 17.6. The molecule has 0 bridgehead atoms. The first-order valence-electron chi connectivity index (χ1n) is 5.24. The zero-order chi connectivity index (χ0) is 16.6. The second-order valence-corrected chi connectivity index (χ2v) is 9.40. The van der Waals surface area contributed by atoms with Crippen molar-refractivity contribution in [3.63, 3.8) is 0 Å². The van der Waals surface area contributed by atoms with Gasteiger partial charge in [0.1, 0.15) is 0 Å². The molecular weight excluding hydrogens is 540 g/mol. The first-order chi connectivity index (χ1) is 9.68. The largest absolute Gasteiger partial charge is 0.442 e. The van der Waals surface area contributed by atoms with Gasteiger partial charge in [-0.05, 0) is 66.5 Å². The third kappa shape index (κ3) is 8.65. The first-order valence-corrected chi connectivity index (χ1v) is 10.7. The van der Waals surface area contributed by atoms with E-state index in [0.29, 0.717) is 5.75 Å². The Hall–Kier alpha value is 1.31. The van der Waals surface area contributed by atoms with E-state index in [0.717, 1.165) is 13.4 Å². The van der Waals surface area contributed by atoms with E-state index in [2.05, 4.69) is 47.8 Å². The van der Waals surface area contributed by atoms with E-state index in [1.165, 1.54) is 0 Å². The molecule has 0 amide bonds. The van der Waals surface area contributed by atoms with Gasteiger partial charge in [-0.15, -0.1) is 0 Å². The van der Waals surface area contributed by atoms with Crippen LogP contribution in [0.3, 0.4) is 0 Å². The molecule has 5 nitrogen and oxygen atoms in total. The Bertz CT molecular complexity index is 421. The second kappa shape index (κ2) is 11.0. The molecule has 0 atom stereocenters. The van der Waals surface area contributed by atoms with Crippen molar-refractivity contribution in [3.05, 3.63) is 25.6 Å². The van der Waals surface area contributed by atoms with E-state index in [4.69, 9.17) is 48.1 Å². The maximum atomic E-state index is 8.34. The highest BCUT2D eigenvalue weighted by Gasteiger charge is 2.20. The zero-order valence-electron chi connectivity index (χ0n) is 10.4. The number of aliphatic hydroxyl groups is 3. The highest BCUT2D eigenvalue weighted by Crippen LogP contribution is 2.51. The summed E-state index contributed by atoms with van der Waals surface area (Å²) >= 11 is 21.1. The molecule has 122 valence electrons. The second-order valence-electron chi connectivity index (χ2n) is 3.83. The number of hydrogen-bond acceptors (Lipinski definition) is 5. The lowest BCUT2D eigenvalue weighted by Gasteiger charge is -2.20. The predicted molar refractivity (Wildman–Crippen MR) is 97.0 cm³/mol. The molecule has 5 N–H and O–H groups in total. The van der Waals surface area contributed by atoms with Crippen LogP contribution in [0.4, 0.5) is 0 Å². The Morgan fingerprint density at radius 3 is 1.67 bits per heavy atom. The molecule has 1 aromatic rings. The van der Waals surface area contributed by atoms with Gasteiger partial charge >= 0.3 is 0 Å². The van der Waals surface area contributed by atoms with Crippen LogP contribution in [0.1, 0.15) is 0 Å². The lowest BCUT2D eigenvalue weighted by atomic mass is 10.1. The van der Waals surface area contributed by atoms with Gasteiger partial charge in [-0.25, -0.2) is 0 Å². The number of rotatable bonds is 5. The third-order valence-electron chi connectivity index (χ3n) is 2.07. The van der Waals surface area contributed by atoms with Gasteiger partial charge in [0.2, 0.25) is 0 Å². The van der Waals surface area contributed by atoms with Crippen LogP contribution in [0.25, 0.3) is 0 Å². The Labute approximate surface area is 158 Å². The van der Waals surface area contributed by atoms with Crippen molar-refractivity contribution < 1.29 is 19.8 Å². The van der Waals surface area contributed by atoms with E-state index >= 15 is 0 Å². The number of aliphatic hydroxyl groups excluding tert-OH is 3. The van der Waals surface area contributed by atoms with Crippen molar-refractivity contribution in [2.75, 3.05) is 19.8 Å². The van der Waals surface area contributed by atoms with E-state index < -0.39 is 32.2 Å². The highest BCUT2D eigenvalue weighted by atomic mass is 79.9. The topological polar surface area (TPSA) is 95.9 Å². The average molecular weight is 553 g/mol. The molecule has 0 unspecified atom stereocenters. The molecule has 11 heteroatoms. The van der Waals surface area contributed by atoms with Crippen molar-refractivity contribution in [2.24, 2.45) is 5.73 Å². The molecule has 1 rings (SSSR count). The summed E-state index contributed by atoms with van der Waals surface area (Å²) in [6, 6.07) is 3.71. The monoisotopic (exact) mass is 549 g/mol. The van der Waals surface area contributed by atoms with Crippen LogP contribution in [0.2, 0.25) is 0 Å². The quantitative estimate of drug-likeness (QED) is 0.418. The molecule has 0 radical (unpaired) electrons. The van der Waals surface area contributed by atoms with E-state index in [9.17, 15) is 0 Å². The molecule has 0 saturated heterocycles. The van der Waals surface area contributed by atoms with E-state index in [-0.39, 0.29) is 0 Å². The maximum absolute atomic E-state index is 8.34. The van der Waals surface area contributed by atoms with Crippen LogP contribution in [-0.2, 0) is 0 Å². The third-order valence-corrected chi connectivity index (χ3v) is 4.44. The molecule has 0 aliphatic carbocycles. The molecular formula is C10H13Br3Cl2NO4P. The van der Waals surface area contributed by atoms with Crippen LogP contribution < -0.4 is 10.3 Å². The summed E-state index contributed by atoms with van der Waals surface area (Å²) in [4.78, 5) is 0. The van der Waals surface area contributed by atoms with Gasteiger partial charge in [0, 0.05) is 4.47 Å². The fourth-order valence-electron chi connectivity index (χ4n) is 0.835. The minimum absolute atomic E-state index is 0.403. The smallest absolute Gasteiger partial charge is 0.284 e. The fraction of sp³-hybridized carbons (Fsp3) is 0.400. The average Bonchev–Trinajstić information content (AvgIpc) is 2.42. The number of hydrogen-bond donors (Lipinski definition) is 4. The SMILES string of the molecule is ClP(Cl)Oc1c(Br)cc(Br)cc1Br.NC(CO)(CO)CO.